The van der Waals surface area contributed by atoms with E-state index in [4.69, 9.17) is 21.1 Å². The summed E-state index contributed by atoms with van der Waals surface area (Å²) in [7, 11) is 0. The Hall–Kier alpha value is -1.26. The average molecular weight is 298 g/mol. The van der Waals surface area contributed by atoms with Crippen LogP contribution in [0.3, 0.4) is 0 Å². The van der Waals surface area contributed by atoms with Crippen molar-refractivity contribution < 1.29 is 14.3 Å². The van der Waals surface area contributed by atoms with Crippen LogP contribution in [0.4, 0.5) is 0 Å². The average Bonchev–Trinajstić information content (AvgIpc) is 2.47. The SMILES string of the molecule is CC1CN(C(=O)CCOc2ccccc2)CC(CCl)O1. The molecule has 1 aromatic rings. The van der Waals surface area contributed by atoms with Gasteiger partial charge in [-0.25, -0.2) is 0 Å². The second-order valence-corrected chi connectivity index (χ2v) is 5.24. The largest absolute Gasteiger partial charge is 0.493 e. The molecular weight excluding hydrogens is 278 g/mol. The second kappa shape index (κ2) is 7.50. The topological polar surface area (TPSA) is 38.8 Å². The van der Waals surface area contributed by atoms with Crippen molar-refractivity contribution in [1.29, 1.82) is 0 Å². The predicted molar refractivity (Wildman–Crippen MR) is 78.2 cm³/mol. The Morgan fingerprint density at radius 3 is 2.85 bits per heavy atom. The molecule has 1 aliphatic rings. The van der Waals surface area contributed by atoms with Crippen molar-refractivity contribution in [1.82, 2.24) is 4.90 Å². The zero-order chi connectivity index (χ0) is 14.4. The molecule has 1 heterocycles. The number of ether oxygens (including phenoxy) is 2. The van der Waals surface area contributed by atoms with E-state index in [9.17, 15) is 4.79 Å². The van der Waals surface area contributed by atoms with Gasteiger partial charge in [0.05, 0.1) is 31.1 Å². The minimum absolute atomic E-state index is 0.0338. The molecule has 1 fully saturated rings. The molecule has 0 aliphatic carbocycles. The van der Waals surface area contributed by atoms with Crippen molar-refractivity contribution in [3.05, 3.63) is 30.3 Å². The van der Waals surface area contributed by atoms with Gasteiger partial charge in [0.15, 0.2) is 0 Å². The summed E-state index contributed by atoms with van der Waals surface area (Å²) in [5, 5.41) is 0. The van der Waals surface area contributed by atoms with Crippen molar-refractivity contribution >= 4 is 17.5 Å². The molecule has 0 aromatic heterocycles. The Bertz CT molecular complexity index is 426. The van der Waals surface area contributed by atoms with Gasteiger partial charge in [-0.1, -0.05) is 18.2 Å². The molecule has 2 unspecified atom stereocenters. The van der Waals surface area contributed by atoms with E-state index in [0.29, 0.717) is 32.0 Å². The van der Waals surface area contributed by atoms with E-state index in [1.807, 2.05) is 42.2 Å². The van der Waals surface area contributed by atoms with Gasteiger partial charge >= 0.3 is 0 Å². The first-order valence-electron chi connectivity index (χ1n) is 6.86. The molecule has 1 amide bonds. The molecule has 2 atom stereocenters. The molecule has 0 spiro atoms. The summed E-state index contributed by atoms with van der Waals surface area (Å²) in [4.78, 5) is 14.0. The maximum Gasteiger partial charge on any atom is 0.226 e. The molecule has 0 saturated carbocycles. The van der Waals surface area contributed by atoms with Crippen molar-refractivity contribution in [3.8, 4) is 5.75 Å². The van der Waals surface area contributed by atoms with Gasteiger partial charge in [-0.05, 0) is 19.1 Å². The maximum absolute atomic E-state index is 12.1. The Kier molecular flexibility index (Phi) is 5.68. The third-order valence-electron chi connectivity index (χ3n) is 3.18. The monoisotopic (exact) mass is 297 g/mol. The lowest BCUT2D eigenvalue weighted by atomic mass is 10.2. The van der Waals surface area contributed by atoms with Gasteiger partial charge in [-0.2, -0.15) is 0 Å². The molecule has 110 valence electrons. The molecule has 1 saturated heterocycles. The summed E-state index contributed by atoms with van der Waals surface area (Å²) < 4.78 is 11.2. The molecule has 2 rings (SSSR count). The number of morpholine rings is 1. The van der Waals surface area contributed by atoms with Gasteiger partial charge in [0.25, 0.3) is 0 Å². The fraction of sp³-hybridized carbons (Fsp3) is 0.533. The highest BCUT2D eigenvalue weighted by molar-refractivity contribution is 6.18. The van der Waals surface area contributed by atoms with Crippen molar-refractivity contribution in [2.45, 2.75) is 25.6 Å². The van der Waals surface area contributed by atoms with Crippen molar-refractivity contribution in [3.63, 3.8) is 0 Å². The number of alkyl halides is 1. The fourth-order valence-corrected chi connectivity index (χ4v) is 2.44. The number of amides is 1. The summed E-state index contributed by atoms with van der Waals surface area (Å²) >= 11 is 5.81. The highest BCUT2D eigenvalue weighted by Crippen LogP contribution is 2.14. The van der Waals surface area contributed by atoms with Crippen LogP contribution in [0.25, 0.3) is 0 Å². The zero-order valence-corrected chi connectivity index (χ0v) is 12.4. The van der Waals surface area contributed by atoms with Gasteiger partial charge in [-0.3, -0.25) is 4.79 Å². The van der Waals surface area contributed by atoms with Crippen LogP contribution in [0.15, 0.2) is 30.3 Å². The van der Waals surface area contributed by atoms with Crippen LogP contribution in [-0.4, -0.2) is 48.6 Å². The predicted octanol–water partition coefficient (Wildman–Crippen LogP) is 2.31. The number of rotatable bonds is 5. The summed E-state index contributed by atoms with van der Waals surface area (Å²) in [6, 6.07) is 9.51. The van der Waals surface area contributed by atoms with Crippen LogP contribution >= 0.6 is 11.6 Å². The van der Waals surface area contributed by atoms with E-state index < -0.39 is 0 Å². The standard InChI is InChI=1S/C15H20ClNO3/c1-12-10-17(11-14(9-16)20-12)15(18)7-8-19-13-5-3-2-4-6-13/h2-6,12,14H,7-11H2,1H3. The van der Waals surface area contributed by atoms with Crippen LogP contribution in [-0.2, 0) is 9.53 Å². The van der Waals surface area contributed by atoms with Crippen LogP contribution < -0.4 is 4.74 Å². The molecular formula is C15H20ClNO3. The van der Waals surface area contributed by atoms with Crippen LogP contribution in [0, 0.1) is 0 Å². The number of carbonyl (C=O) groups excluding carboxylic acids is 1. The van der Waals surface area contributed by atoms with Crippen LogP contribution in [0.5, 0.6) is 5.75 Å². The van der Waals surface area contributed by atoms with E-state index in [0.717, 1.165) is 5.75 Å². The minimum Gasteiger partial charge on any atom is -0.493 e. The summed E-state index contributed by atoms with van der Waals surface area (Å²) in [5.41, 5.74) is 0. The Labute approximate surface area is 124 Å². The summed E-state index contributed by atoms with van der Waals surface area (Å²) in [5.74, 6) is 1.29. The second-order valence-electron chi connectivity index (χ2n) is 4.93. The number of hydrogen-bond donors (Lipinski definition) is 0. The number of para-hydroxylation sites is 1. The molecule has 5 heteroatoms. The van der Waals surface area contributed by atoms with Gasteiger partial charge < -0.3 is 14.4 Å². The van der Waals surface area contributed by atoms with Crippen molar-refractivity contribution in [2.24, 2.45) is 0 Å². The highest BCUT2D eigenvalue weighted by Gasteiger charge is 2.27. The molecule has 1 aromatic carbocycles. The first-order valence-corrected chi connectivity index (χ1v) is 7.39. The van der Waals surface area contributed by atoms with E-state index in [2.05, 4.69) is 0 Å². The number of halogens is 1. The third kappa shape index (κ3) is 4.39. The van der Waals surface area contributed by atoms with Gasteiger partial charge in [0, 0.05) is 13.1 Å². The van der Waals surface area contributed by atoms with Crippen molar-refractivity contribution in [2.75, 3.05) is 25.6 Å². The Morgan fingerprint density at radius 1 is 1.40 bits per heavy atom. The lowest BCUT2D eigenvalue weighted by molar-refractivity contribution is -0.143. The third-order valence-corrected chi connectivity index (χ3v) is 3.52. The smallest absolute Gasteiger partial charge is 0.226 e. The molecule has 0 N–H and O–H groups in total. The number of carbonyl (C=O) groups is 1. The number of nitrogens with zero attached hydrogens (tertiary/aromatic N) is 1. The molecule has 4 nitrogen and oxygen atoms in total. The summed E-state index contributed by atoms with van der Waals surface area (Å²) in [6.07, 6.45) is 0.335. The van der Waals surface area contributed by atoms with E-state index in [1.54, 1.807) is 0 Å². The maximum atomic E-state index is 12.1. The first-order chi connectivity index (χ1) is 9.69. The molecule has 1 aliphatic heterocycles. The normalized spacial score (nSPS) is 22.6. The van der Waals surface area contributed by atoms with Crippen LogP contribution in [0.2, 0.25) is 0 Å². The lowest BCUT2D eigenvalue weighted by Gasteiger charge is -2.36. The Morgan fingerprint density at radius 2 is 2.15 bits per heavy atom. The molecule has 0 radical (unpaired) electrons. The van der Waals surface area contributed by atoms with Crippen LogP contribution in [0.1, 0.15) is 13.3 Å². The number of hydrogen-bond acceptors (Lipinski definition) is 3. The van der Waals surface area contributed by atoms with Gasteiger partial charge in [-0.15, -0.1) is 11.6 Å². The summed E-state index contributed by atoms with van der Waals surface area (Å²) in [6.45, 7) is 3.54. The molecule has 0 bridgehead atoms. The Balaban J connectivity index is 1.76. The van der Waals surface area contributed by atoms with Gasteiger partial charge in [0.1, 0.15) is 5.75 Å². The molecule has 20 heavy (non-hydrogen) atoms. The van der Waals surface area contributed by atoms with E-state index in [1.165, 1.54) is 0 Å². The van der Waals surface area contributed by atoms with E-state index in [-0.39, 0.29) is 18.1 Å². The van der Waals surface area contributed by atoms with E-state index >= 15 is 0 Å². The minimum atomic E-state index is -0.0700. The fourth-order valence-electron chi connectivity index (χ4n) is 2.27. The quantitative estimate of drug-likeness (QED) is 0.783. The number of benzene rings is 1. The zero-order valence-electron chi connectivity index (χ0n) is 11.6. The van der Waals surface area contributed by atoms with Gasteiger partial charge in [0.2, 0.25) is 5.91 Å². The first kappa shape index (κ1) is 15.1. The lowest BCUT2D eigenvalue weighted by Crippen LogP contribution is -2.50. The highest BCUT2D eigenvalue weighted by atomic mass is 35.5.